The zero-order chi connectivity index (χ0) is 20.8. The number of anilines is 1. The Kier molecular flexibility index (Phi) is 6.72. The summed E-state index contributed by atoms with van der Waals surface area (Å²) in [6.07, 6.45) is 3.75. The Morgan fingerprint density at radius 3 is 2.66 bits per heavy atom. The topological polar surface area (TPSA) is 60.0 Å². The van der Waals surface area contributed by atoms with Crippen LogP contribution in [0.1, 0.15) is 25.3 Å². The van der Waals surface area contributed by atoms with Crippen LogP contribution in [0.15, 0.2) is 48.2 Å². The highest BCUT2D eigenvalue weighted by Gasteiger charge is 2.32. The molecule has 3 rings (SSSR count). The molecule has 2 aromatic carbocycles. The lowest BCUT2D eigenvalue weighted by molar-refractivity contribution is -0.113. The van der Waals surface area contributed by atoms with Gasteiger partial charge in [-0.25, -0.2) is 0 Å². The summed E-state index contributed by atoms with van der Waals surface area (Å²) in [6.45, 7) is 2.72. The van der Waals surface area contributed by atoms with Gasteiger partial charge in [0.1, 0.15) is 11.4 Å². The van der Waals surface area contributed by atoms with Gasteiger partial charge in [-0.2, -0.15) is 0 Å². The number of methoxy groups -OCH3 is 2. The fraction of sp³-hybridized carbons (Fsp3) is 0.273. The maximum atomic E-state index is 13.0. The van der Waals surface area contributed by atoms with Gasteiger partial charge in [0.05, 0.1) is 26.5 Å². The Morgan fingerprint density at radius 2 is 1.93 bits per heavy atom. The molecule has 152 valence electrons. The van der Waals surface area contributed by atoms with E-state index in [1.165, 1.54) is 4.90 Å². The molecule has 1 aliphatic rings. The minimum atomic E-state index is -0.229. The molecule has 1 aliphatic heterocycles. The maximum Gasteiger partial charge on any atom is 0.281 e. The van der Waals surface area contributed by atoms with E-state index in [1.807, 2.05) is 36.4 Å². The van der Waals surface area contributed by atoms with Crippen LogP contribution in [-0.4, -0.2) is 31.8 Å². The first kappa shape index (κ1) is 20.7. The van der Waals surface area contributed by atoms with Crippen molar-refractivity contribution < 1.29 is 19.0 Å². The van der Waals surface area contributed by atoms with Crippen molar-refractivity contribution in [3.63, 3.8) is 0 Å². The molecule has 29 heavy (non-hydrogen) atoms. The van der Waals surface area contributed by atoms with E-state index in [9.17, 15) is 4.79 Å². The summed E-state index contributed by atoms with van der Waals surface area (Å²) in [4.78, 5) is 14.4. The smallest absolute Gasteiger partial charge is 0.281 e. The van der Waals surface area contributed by atoms with Crippen molar-refractivity contribution in [2.24, 2.45) is 0 Å². The maximum absolute atomic E-state index is 13.0. The molecule has 0 unspecified atom stereocenters. The normalized spacial score (nSPS) is 14.9. The molecule has 1 heterocycles. The first-order valence-corrected chi connectivity index (χ1v) is 9.80. The second kappa shape index (κ2) is 9.43. The average molecular weight is 413 g/mol. The number of amides is 1. The first-order valence-electron chi connectivity index (χ1n) is 9.39. The summed E-state index contributed by atoms with van der Waals surface area (Å²) < 4.78 is 16.4. The number of nitrogens with zero attached hydrogens (tertiary/aromatic N) is 1. The Balaban J connectivity index is 1.86. The van der Waals surface area contributed by atoms with Crippen LogP contribution in [0.2, 0.25) is 0 Å². The summed E-state index contributed by atoms with van der Waals surface area (Å²) in [5, 5.41) is 3.32. The van der Waals surface area contributed by atoms with Gasteiger partial charge in [0.25, 0.3) is 5.91 Å². The molecule has 1 saturated heterocycles. The van der Waals surface area contributed by atoms with Crippen LogP contribution >= 0.6 is 12.2 Å². The van der Waals surface area contributed by atoms with Gasteiger partial charge in [-0.1, -0.05) is 25.5 Å². The molecule has 1 N–H and O–H groups in total. The van der Waals surface area contributed by atoms with Crippen molar-refractivity contribution in [2.75, 3.05) is 25.7 Å². The number of unbranched alkanes of at least 4 members (excludes halogenated alkanes) is 1. The Bertz CT molecular complexity index is 942. The van der Waals surface area contributed by atoms with Gasteiger partial charge in [0, 0.05) is 6.07 Å². The van der Waals surface area contributed by atoms with Gasteiger partial charge in [-0.3, -0.25) is 9.69 Å². The Labute approximate surface area is 176 Å². The molecular formula is C22H24N2O4S. The number of hydrogen-bond donors (Lipinski definition) is 1. The molecule has 6 nitrogen and oxygen atoms in total. The lowest BCUT2D eigenvalue weighted by Gasteiger charge is -2.14. The van der Waals surface area contributed by atoms with Gasteiger partial charge in [-0.05, 0) is 54.5 Å². The van der Waals surface area contributed by atoms with E-state index < -0.39 is 0 Å². The van der Waals surface area contributed by atoms with Gasteiger partial charge in [0.2, 0.25) is 0 Å². The van der Waals surface area contributed by atoms with E-state index in [2.05, 4.69) is 12.2 Å². The van der Waals surface area contributed by atoms with E-state index >= 15 is 0 Å². The van der Waals surface area contributed by atoms with Crippen LogP contribution in [0.5, 0.6) is 17.2 Å². The number of rotatable bonds is 8. The fourth-order valence-electron chi connectivity index (χ4n) is 2.91. The molecule has 2 aromatic rings. The van der Waals surface area contributed by atoms with E-state index in [-0.39, 0.29) is 5.91 Å². The molecule has 0 saturated carbocycles. The van der Waals surface area contributed by atoms with Crippen molar-refractivity contribution in [3.05, 3.63) is 53.7 Å². The second-order valence-electron chi connectivity index (χ2n) is 6.44. The molecule has 0 aromatic heterocycles. The van der Waals surface area contributed by atoms with Crippen molar-refractivity contribution in [3.8, 4) is 17.2 Å². The summed E-state index contributed by atoms with van der Waals surface area (Å²) in [6, 6.07) is 12.7. The van der Waals surface area contributed by atoms with Gasteiger partial charge >= 0.3 is 0 Å². The minimum Gasteiger partial charge on any atom is -0.497 e. The Morgan fingerprint density at radius 1 is 1.10 bits per heavy atom. The number of carbonyl (C=O) groups is 1. The average Bonchev–Trinajstić information content (AvgIpc) is 3.01. The van der Waals surface area contributed by atoms with Crippen molar-refractivity contribution in [1.29, 1.82) is 0 Å². The predicted octanol–water partition coefficient (Wildman–Crippen LogP) is 4.14. The van der Waals surface area contributed by atoms with Crippen LogP contribution in [0.4, 0.5) is 5.69 Å². The number of ether oxygens (including phenoxy) is 3. The van der Waals surface area contributed by atoms with E-state index in [1.54, 1.807) is 26.4 Å². The van der Waals surface area contributed by atoms with Crippen LogP contribution in [0.25, 0.3) is 6.08 Å². The standard InChI is InChI=1S/C22H24N2O4S/c1-4-5-11-28-20-13-15(9-10-19(20)27-3)12-18-21(25)24(22(29)23-18)16-7-6-8-17(14-16)26-2/h6-10,12-14H,4-5,11H2,1-3H3,(H,23,29)/b18-12-. The molecule has 0 spiro atoms. The van der Waals surface area contributed by atoms with Crippen molar-refractivity contribution in [1.82, 2.24) is 5.32 Å². The van der Waals surface area contributed by atoms with Gasteiger partial charge in [0.15, 0.2) is 16.6 Å². The summed E-state index contributed by atoms with van der Waals surface area (Å²) >= 11 is 5.38. The molecule has 0 bridgehead atoms. The Hall–Kier alpha value is -3.06. The first-order chi connectivity index (χ1) is 14.1. The molecule has 0 atom stereocenters. The number of thiocarbonyl (C=S) groups is 1. The summed E-state index contributed by atoms with van der Waals surface area (Å²) in [5.74, 6) is 1.72. The molecule has 0 radical (unpaired) electrons. The van der Waals surface area contributed by atoms with Crippen molar-refractivity contribution in [2.45, 2.75) is 19.8 Å². The molecular weight excluding hydrogens is 388 g/mol. The molecule has 7 heteroatoms. The third-order valence-electron chi connectivity index (χ3n) is 4.44. The number of hydrogen-bond acceptors (Lipinski definition) is 5. The van der Waals surface area contributed by atoms with Crippen LogP contribution in [-0.2, 0) is 4.79 Å². The van der Waals surface area contributed by atoms with E-state index in [0.29, 0.717) is 40.4 Å². The van der Waals surface area contributed by atoms with Crippen LogP contribution in [0.3, 0.4) is 0 Å². The van der Waals surface area contributed by atoms with E-state index in [0.717, 1.165) is 18.4 Å². The monoisotopic (exact) mass is 412 g/mol. The predicted molar refractivity (Wildman–Crippen MR) is 118 cm³/mol. The number of carbonyl (C=O) groups excluding carboxylic acids is 1. The van der Waals surface area contributed by atoms with Gasteiger partial charge < -0.3 is 19.5 Å². The second-order valence-corrected chi connectivity index (χ2v) is 6.83. The summed E-state index contributed by atoms with van der Waals surface area (Å²) in [7, 11) is 3.18. The molecule has 0 aliphatic carbocycles. The fourth-order valence-corrected chi connectivity index (χ4v) is 3.21. The zero-order valence-electron chi connectivity index (χ0n) is 16.7. The zero-order valence-corrected chi connectivity index (χ0v) is 17.5. The molecule has 1 fully saturated rings. The largest absolute Gasteiger partial charge is 0.497 e. The van der Waals surface area contributed by atoms with Crippen molar-refractivity contribution >= 4 is 35.0 Å². The molecule has 1 amide bonds. The van der Waals surface area contributed by atoms with Gasteiger partial charge in [-0.15, -0.1) is 0 Å². The SMILES string of the molecule is CCCCOc1cc(/C=C2\NC(=S)N(c3cccc(OC)c3)C2=O)ccc1OC. The summed E-state index contributed by atoms with van der Waals surface area (Å²) in [5.41, 5.74) is 1.85. The lowest BCUT2D eigenvalue weighted by atomic mass is 10.1. The van der Waals surface area contributed by atoms with Crippen LogP contribution < -0.4 is 24.4 Å². The van der Waals surface area contributed by atoms with Crippen LogP contribution in [0, 0.1) is 0 Å². The highest BCUT2D eigenvalue weighted by atomic mass is 32.1. The third kappa shape index (κ3) is 4.68. The number of benzene rings is 2. The number of nitrogens with one attached hydrogen (secondary N) is 1. The highest BCUT2D eigenvalue weighted by molar-refractivity contribution is 7.80. The lowest BCUT2D eigenvalue weighted by Crippen LogP contribution is -2.30. The van der Waals surface area contributed by atoms with E-state index in [4.69, 9.17) is 26.4 Å². The minimum absolute atomic E-state index is 0.229. The highest BCUT2D eigenvalue weighted by Crippen LogP contribution is 2.30. The third-order valence-corrected chi connectivity index (χ3v) is 4.73. The quantitative estimate of drug-likeness (QED) is 0.399.